The normalized spacial score (nSPS) is 17.5. The van der Waals surface area contributed by atoms with E-state index >= 15 is 0 Å². The lowest BCUT2D eigenvalue weighted by atomic mass is 10.1. The maximum Gasteiger partial charge on any atom is 0.317 e. The number of rotatable bonds is 6. The molecule has 3 heterocycles. The largest absolute Gasteiger partial charge is 0.357 e. The molecule has 0 saturated carbocycles. The minimum Gasteiger partial charge on any atom is -0.357 e. The van der Waals surface area contributed by atoms with Crippen LogP contribution in [0.15, 0.2) is 48.7 Å². The Morgan fingerprint density at radius 3 is 2.34 bits per heavy atom. The van der Waals surface area contributed by atoms with Gasteiger partial charge >= 0.3 is 6.03 Å². The molecular formula is C23H31N5O. The van der Waals surface area contributed by atoms with Crippen LogP contribution in [0.4, 0.5) is 10.6 Å². The van der Waals surface area contributed by atoms with Crippen molar-refractivity contribution in [2.45, 2.75) is 25.8 Å². The molecule has 6 heteroatoms. The highest BCUT2D eigenvalue weighted by atomic mass is 16.2. The van der Waals surface area contributed by atoms with Crippen molar-refractivity contribution >= 4 is 11.8 Å². The van der Waals surface area contributed by atoms with E-state index < -0.39 is 0 Å². The number of pyridine rings is 1. The third-order valence-corrected chi connectivity index (χ3v) is 5.90. The molecule has 0 radical (unpaired) electrons. The summed E-state index contributed by atoms with van der Waals surface area (Å²) in [6.45, 7) is 7.22. The van der Waals surface area contributed by atoms with Crippen LogP contribution in [0.5, 0.6) is 0 Å². The lowest BCUT2D eigenvalue weighted by Gasteiger charge is -2.34. The van der Waals surface area contributed by atoms with Gasteiger partial charge in [-0.25, -0.2) is 9.78 Å². The molecule has 2 aliphatic heterocycles. The van der Waals surface area contributed by atoms with E-state index in [1.807, 2.05) is 11.1 Å². The van der Waals surface area contributed by atoms with Crippen LogP contribution in [-0.4, -0.2) is 66.6 Å². The van der Waals surface area contributed by atoms with E-state index in [4.69, 9.17) is 0 Å². The first-order chi connectivity index (χ1) is 14.3. The van der Waals surface area contributed by atoms with E-state index in [9.17, 15) is 4.79 Å². The molecular weight excluding hydrogens is 362 g/mol. The second-order valence-electron chi connectivity index (χ2n) is 7.94. The molecule has 0 atom stereocenters. The van der Waals surface area contributed by atoms with Gasteiger partial charge in [-0.3, -0.25) is 4.90 Å². The van der Waals surface area contributed by atoms with Crippen molar-refractivity contribution in [3.63, 3.8) is 0 Å². The van der Waals surface area contributed by atoms with Crippen molar-refractivity contribution in [2.75, 3.05) is 50.7 Å². The first kappa shape index (κ1) is 19.7. The van der Waals surface area contributed by atoms with Gasteiger partial charge in [0.05, 0.1) is 0 Å². The maximum atomic E-state index is 12.5. The van der Waals surface area contributed by atoms with Crippen molar-refractivity contribution in [3.05, 3.63) is 59.8 Å². The average molecular weight is 394 g/mol. The molecule has 2 aromatic rings. The summed E-state index contributed by atoms with van der Waals surface area (Å²) < 4.78 is 0. The molecule has 0 bridgehead atoms. The van der Waals surface area contributed by atoms with Crippen LogP contribution < -0.4 is 10.2 Å². The van der Waals surface area contributed by atoms with Crippen LogP contribution in [0.1, 0.15) is 24.0 Å². The first-order valence-electron chi connectivity index (χ1n) is 10.8. The van der Waals surface area contributed by atoms with Gasteiger partial charge in [-0.1, -0.05) is 36.4 Å². The van der Waals surface area contributed by atoms with E-state index in [0.717, 1.165) is 63.6 Å². The smallest absolute Gasteiger partial charge is 0.317 e. The fourth-order valence-electron chi connectivity index (χ4n) is 4.05. The first-order valence-corrected chi connectivity index (χ1v) is 10.8. The standard InChI is InChI=1S/C23H31N5O/c29-23(25-19-21-8-9-22(24-18-21)27-11-4-5-12-27)28-16-14-26(15-17-28)13-10-20-6-2-1-3-7-20/h1-3,6-9,18H,4-5,10-17,19H2,(H,25,29). The van der Waals surface area contributed by atoms with Crippen LogP contribution in [0, 0.1) is 0 Å². The number of nitrogens with one attached hydrogen (secondary N) is 1. The van der Waals surface area contributed by atoms with Crippen LogP contribution in [-0.2, 0) is 13.0 Å². The second kappa shape index (κ2) is 9.74. The van der Waals surface area contributed by atoms with Crippen molar-refractivity contribution in [1.29, 1.82) is 0 Å². The molecule has 0 unspecified atom stereocenters. The van der Waals surface area contributed by atoms with Crippen molar-refractivity contribution in [3.8, 4) is 0 Å². The Kier molecular flexibility index (Phi) is 6.62. The minimum absolute atomic E-state index is 0.0244. The SMILES string of the molecule is O=C(NCc1ccc(N2CCCC2)nc1)N1CCN(CCc2ccccc2)CC1. The zero-order chi connectivity index (χ0) is 19.9. The van der Waals surface area contributed by atoms with Gasteiger partial charge in [-0.2, -0.15) is 0 Å². The monoisotopic (exact) mass is 393 g/mol. The van der Waals surface area contributed by atoms with E-state index in [1.165, 1.54) is 18.4 Å². The van der Waals surface area contributed by atoms with Crippen LogP contribution in [0.3, 0.4) is 0 Å². The topological polar surface area (TPSA) is 51.7 Å². The molecule has 154 valence electrons. The van der Waals surface area contributed by atoms with Gasteiger partial charge in [-0.15, -0.1) is 0 Å². The number of carbonyl (C=O) groups is 1. The summed E-state index contributed by atoms with van der Waals surface area (Å²) in [7, 11) is 0. The number of piperazine rings is 1. The van der Waals surface area contributed by atoms with E-state index in [-0.39, 0.29) is 6.03 Å². The summed E-state index contributed by atoms with van der Waals surface area (Å²) in [5, 5.41) is 3.05. The predicted octanol–water partition coefficient (Wildman–Crippen LogP) is 2.75. The number of urea groups is 1. The summed E-state index contributed by atoms with van der Waals surface area (Å²) in [5.74, 6) is 1.05. The molecule has 2 amide bonds. The van der Waals surface area contributed by atoms with Crippen LogP contribution in [0.25, 0.3) is 0 Å². The number of nitrogens with zero attached hydrogens (tertiary/aromatic N) is 4. The second-order valence-corrected chi connectivity index (χ2v) is 7.94. The third-order valence-electron chi connectivity index (χ3n) is 5.90. The highest BCUT2D eigenvalue weighted by molar-refractivity contribution is 5.74. The molecule has 0 aliphatic carbocycles. The van der Waals surface area contributed by atoms with E-state index in [2.05, 4.69) is 62.6 Å². The highest BCUT2D eigenvalue weighted by Gasteiger charge is 2.20. The van der Waals surface area contributed by atoms with Crippen molar-refractivity contribution in [2.24, 2.45) is 0 Å². The molecule has 2 fully saturated rings. The summed E-state index contributed by atoms with van der Waals surface area (Å²) in [5.41, 5.74) is 2.42. The lowest BCUT2D eigenvalue weighted by molar-refractivity contribution is 0.140. The molecule has 4 rings (SSSR count). The van der Waals surface area contributed by atoms with Gasteiger partial charge < -0.3 is 15.1 Å². The molecule has 6 nitrogen and oxygen atoms in total. The van der Waals surface area contributed by atoms with Gasteiger partial charge in [-0.05, 0) is 36.5 Å². The fourth-order valence-corrected chi connectivity index (χ4v) is 4.05. The number of carbonyl (C=O) groups excluding carboxylic acids is 1. The van der Waals surface area contributed by atoms with Crippen molar-refractivity contribution in [1.82, 2.24) is 20.1 Å². The molecule has 29 heavy (non-hydrogen) atoms. The maximum absolute atomic E-state index is 12.5. The summed E-state index contributed by atoms with van der Waals surface area (Å²) in [4.78, 5) is 23.7. The molecule has 1 aromatic carbocycles. The van der Waals surface area contributed by atoms with E-state index in [0.29, 0.717) is 6.54 Å². The predicted molar refractivity (Wildman–Crippen MR) is 116 cm³/mol. The average Bonchev–Trinajstić information content (AvgIpc) is 3.32. The quantitative estimate of drug-likeness (QED) is 0.820. The molecule has 1 N–H and O–H groups in total. The zero-order valence-corrected chi connectivity index (χ0v) is 17.1. The summed E-state index contributed by atoms with van der Waals surface area (Å²) in [6, 6.07) is 14.8. The lowest BCUT2D eigenvalue weighted by Crippen LogP contribution is -2.51. The summed E-state index contributed by atoms with van der Waals surface area (Å²) >= 11 is 0. The third kappa shape index (κ3) is 5.48. The summed E-state index contributed by atoms with van der Waals surface area (Å²) in [6.07, 6.45) is 5.45. The van der Waals surface area contributed by atoms with Crippen LogP contribution >= 0.6 is 0 Å². The Hall–Kier alpha value is -2.60. The Labute approximate surface area is 173 Å². The number of hydrogen-bond acceptors (Lipinski definition) is 4. The number of benzene rings is 1. The van der Waals surface area contributed by atoms with Gasteiger partial charge in [0.1, 0.15) is 5.82 Å². The van der Waals surface area contributed by atoms with Crippen LogP contribution in [0.2, 0.25) is 0 Å². The van der Waals surface area contributed by atoms with Gasteiger partial charge in [0.25, 0.3) is 0 Å². The molecule has 2 saturated heterocycles. The van der Waals surface area contributed by atoms with E-state index in [1.54, 1.807) is 0 Å². The number of aromatic nitrogens is 1. The highest BCUT2D eigenvalue weighted by Crippen LogP contribution is 2.17. The molecule has 2 aliphatic rings. The van der Waals surface area contributed by atoms with Gasteiger partial charge in [0.2, 0.25) is 0 Å². The molecule has 0 spiro atoms. The Balaban J connectivity index is 1.17. The zero-order valence-electron chi connectivity index (χ0n) is 17.1. The minimum atomic E-state index is 0.0244. The number of anilines is 1. The van der Waals surface area contributed by atoms with Gasteiger partial charge in [0.15, 0.2) is 0 Å². The molecule has 1 aromatic heterocycles. The number of amides is 2. The fraction of sp³-hybridized carbons (Fsp3) is 0.478. The van der Waals surface area contributed by atoms with Gasteiger partial charge in [0, 0.05) is 58.6 Å². The Morgan fingerprint density at radius 2 is 1.66 bits per heavy atom. The number of hydrogen-bond donors (Lipinski definition) is 1. The Bertz CT molecular complexity index is 766. The Morgan fingerprint density at radius 1 is 0.897 bits per heavy atom. The van der Waals surface area contributed by atoms with Crippen molar-refractivity contribution < 1.29 is 4.79 Å².